The first kappa shape index (κ1) is 16.2. The topological polar surface area (TPSA) is 74.7 Å². The molecule has 2 aromatic rings. The highest BCUT2D eigenvalue weighted by Gasteiger charge is 2.27. The van der Waals surface area contributed by atoms with Crippen LogP contribution in [0.1, 0.15) is 33.1 Å². The lowest BCUT2D eigenvalue weighted by Gasteiger charge is -2.23. The molecule has 8 heteroatoms. The van der Waals surface area contributed by atoms with E-state index in [0.29, 0.717) is 5.56 Å². The zero-order valence-electron chi connectivity index (χ0n) is 11.5. The molecule has 114 valence electrons. The molecule has 2 aromatic heterocycles. The van der Waals surface area contributed by atoms with Gasteiger partial charge in [0.05, 0.1) is 11.8 Å². The Labute approximate surface area is 131 Å². The van der Waals surface area contributed by atoms with Crippen molar-refractivity contribution in [2.24, 2.45) is 0 Å². The van der Waals surface area contributed by atoms with E-state index in [2.05, 4.69) is 0 Å². The smallest absolute Gasteiger partial charge is 0.346 e. The van der Waals surface area contributed by atoms with Crippen LogP contribution in [0.15, 0.2) is 29.0 Å². The SMILES string of the molecule is CC(c1cccs1)N(C)S(=O)(=O)Cc1ccsc1C(=O)O. The van der Waals surface area contributed by atoms with Crippen LogP contribution in [-0.4, -0.2) is 30.8 Å². The molecule has 5 nitrogen and oxygen atoms in total. The number of sulfonamides is 1. The van der Waals surface area contributed by atoms with Gasteiger partial charge >= 0.3 is 5.97 Å². The van der Waals surface area contributed by atoms with E-state index in [4.69, 9.17) is 5.11 Å². The quantitative estimate of drug-likeness (QED) is 0.873. The van der Waals surface area contributed by atoms with Crippen molar-refractivity contribution in [3.05, 3.63) is 44.3 Å². The van der Waals surface area contributed by atoms with E-state index in [0.717, 1.165) is 16.2 Å². The van der Waals surface area contributed by atoms with Crippen LogP contribution in [0, 0.1) is 0 Å². The second-order valence-electron chi connectivity index (χ2n) is 4.54. The number of nitrogens with zero attached hydrogens (tertiary/aromatic N) is 1. The molecule has 1 unspecified atom stereocenters. The molecule has 2 heterocycles. The molecule has 0 saturated carbocycles. The van der Waals surface area contributed by atoms with E-state index in [1.165, 1.54) is 22.7 Å². The maximum Gasteiger partial charge on any atom is 0.346 e. The number of hydrogen-bond acceptors (Lipinski definition) is 5. The van der Waals surface area contributed by atoms with Crippen molar-refractivity contribution in [2.75, 3.05) is 7.05 Å². The Hall–Kier alpha value is -1.22. The van der Waals surface area contributed by atoms with Crippen molar-refractivity contribution in [2.45, 2.75) is 18.7 Å². The number of carboxylic acid groups (broad SMARTS) is 1. The number of carboxylic acids is 1. The second kappa shape index (κ2) is 6.27. The number of hydrogen-bond donors (Lipinski definition) is 1. The molecule has 0 aliphatic heterocycles. The Bertz CT molecular complexity index is 718. The summed E-state index contributed by atoms with van der Waals surface area (Å²) in [5.41, 5.74) is 0.331. The van der Waals surface area contributed by atoms with Crippen molar-refractivity contribution in [3.8, 4) is 0 Å². The molecule has 1 N–H and O–H groups in total. The average molecular weight is 345 g/mol. The van der Waals surface area contributed by atoms with E-state index in [1.807, 2.05) is 24.4 Å². The fourth-order valence-electron chi connectivity index (χ4n) is 1.88. The molecule has 0 amide bonds. The average Bonchev–Trinajstić information content (AvgIpc) is 3.06. The summed E-state index contributed by atoms with van der Waals surface area (Å²) in [6.07, 6.45) is 0. The Morgan fingerprint density at radius 2 is 2.05 bits per heavy atom. The Kier molecular flexibility index (Phi) is 4.82. The minimum atomic E-state index is -3.58. The van der Waals surface area contributed by atoms with Gasteiger partial charge in [-0.3, -0.25) is 0 Å². The van der Waals surface area contributed by atoms with Crippen LogP contribution in [0.3, 0.4) is 0 Å². The molecule has 2 rings (SSSR count). The number of carbonyl (C=O) groups is 1. The van der Waals surface area contributed by atoms with Gasteiger partial charge < -0.3 is 5.11 Å². The van der Waals surface area contributed by atoms with Gasteiger partial charge in [-0.15, -0.1) is 22.7 Å². The minimum absolute atomic E-state index is 0.0794. The van der Waals surface area contributed by atoms with E-state index >= 15 is 0 Å². The van der Waals surface area contributed by atoms with Gasteiger partial charge in [-0.1, -0.05) is 6.07 Å². The summed E-state index contributed by atoms with van der Waals surface area (Å²) in [7, 11) is -2.06. The molecule has 0 aromatic carbocycles. The Morgan fingerprint density at radius 3 is 2.62 bits per heavy atom. The van der Waals surface area contributed by atoms with Crippen LogP contribution in [0.5, 0.6) is 0 Å². The molecular weight excluding hydrogens is 330 g/mol. The largest absolute Gasteiger partial charge is 0.477 e. The third kappa shape index (κ3) is 3.52. The highest BCUT2D eigenvalue weighted by molar-refractivity contribution is 7.88. The summed E-state index contributed by atoms with van der Waals surface area (Å²) in [5, 5.41) is 12.5. The van der Waals surface area contributed by atoms with Gasteiger partial charge in [-0.2, -0.15) is 4.31 Å². The lowest BCUT2D eigenvalue weighted by molar-refractivity contribution is 0.0701. The molecule has 0 fully saturated rings. The van der Waals surface area contributed by atoms with Gasteiger partial charge in [-0.05, 0) is 35.4 Å². The van der Waals surface area contributed by atoms with Gasteiger partial charge in [-0.25, -0.2) is 13.2 Å². The van der Waals surface area contributed by atoms with Gasteiger partial charge in [0.25, 0.3) is 0 Å². The second-order valence-corrected chi connectivity index (χ2v) is 8.47. The number of thiophene rings is 2. The normalized spacial score (nSPS) is 13.5. The summed E-state index contributed by atoms with van der Waals surface area (Å²) in [5.74, 6) is -1.39. The van der Waals surface area contributed by atoms with Crippen molar-refractivity contribution in [1.29, 1.82) is 0 Å². The highest BCUT2D eigenvalue weighted by atomic mass is 32.2. The fraction of sp³-hybridized carbons (Fsp3) is 0.308. The first-order valence-corrected chi connectivity index (χ1v) is 9.48. The summed E-state index contributed by atoms with van der Waals surface area (Å²) in [6.45, 7) is 1.81. The van der Waals surface area contributed by atoms with Crippen LogP contribution >= 0.6 is 22.7 Å². The van der Waals surface area contributed by atoms with E-state index < -0.39 is 16.0 Å². The monoisotopic (exact) mass is 345 g/mol. The molecule has 1 atom stereocenters. The molecular formula is C13H15NO4S3. The number of rotatable bonds is 6. The predicted octanol–water partition coefficient (Wildman–Crippen LogP) is 3.03. The summed E-state index contributed by atoms with van der Waals surface area (Å²) >= 11 is 2.53. The summed E-state index contributed by atoms with van der Waals surface area (Å²) in [4.78, 5) is 12.1. The maximum absolute atomic E-state index is 12.5. The van der Waals surface area contributed by atoms with Gasteiger partial charge in [0.1, 0.15) is 4.88 Å². The molecule has 0 aliphatic rings. The lowest BCUT2D eigenvalue weighted by Crippen LogP contribution is -2.30. The number of aromatic carboxylic acids is 1. The fourth-order valence-corrected chi connectivity index (χ4v) is 5.06. The maximum atomic E-state index is 12.5. The van der Waals surface area contributed by atoms with Gasteiger partial charge in [0.15, 0.2) is 0 Å². The van der Waals surface area contributed by atoms with E-state index in [9.17, 15) is 13.2 Å². The molecule has 0 saturated heterocycles. The molecule has 0 bridgehead atoms. The van der Waals surface area contributed by atoms with Crippen molar-refractivity contribution in [1.82, 2.24) is 4.31 Å². The van der Waals surface area contributed by atoms with Gasteiger partial charge in [0, 0.05) is 11.9 Å². The summed E-state index contributed by atoms with van der Waals surface area (Å²) in [6, 6.07) is 5.03. The van der Waals surface area contributed by atoms with Gasteiger partial charge in [0.2, 0.25) is 10.0 Å². The first-order chi connectivity index (χ1) is 9.83. The van der Waals surface area contributed by atoms with Crippen LogP contribution in [0.2, 0.25) is 0 Å². The predicted molar refractivity (Wildman–Crippen MR) is 84.4 cm³/mol. The third-order valence-electron chi connectivity index (χ3n) is 3.22. The van der Waals surface area contributed by atoms with Crippen LogP contribution < -0.4 is 0 Å². The highest BCUT2D eigenvalue weighted by Crippen LogP contribution is 2.28. The van der Waals surface area contributed by atoms with E-state index in [1.54, 1.807) is 11.4 Å². The molecule has 0 aliphatic carbocycles. The minimum Gasteiger partial charge on any atom is -0.477 e. The Morgan fingerprint density at radius 1 is 1.33 bits per heavy atom. The molecule has 0 radical (unpaired) electrons. The standard InChI is InChI=1S/C13H15NO4S3/c1-9(11-4-3-6-19-11)14(2)21(17,18)8-10-5-7-20-12(10)13(15)16/h3-7,9H,8H2,1-2H3,(H,15,16). The molecule has 0 spiro atoms. The van der Waals surface area contributed by atoms with Crippen LogP contribution in [0.4, 0.5) is 0 Å². The summed E-state index contributed by atoms with van der Waals surface area (Å²) < 4.78 is 26.2. The first-order valence-electron chi connectivity index (χ1n) is 6.11. The van der Waals surface area contributed by atoms with Crippen LogP contribution in [0.25, 0.3) is 0 Å². The van der Waals surface area contributed by atoms with E-state index in [-0.39, 0.29) is 16.7 Å². The van der Waals surface area contributed by atoms with Crippen LogP contribution in [-0.2, 0) is 15.8 Å². The van der Waals surface area contributed by atoms with Crippen molar-refractivity contribution < 1.29 is 18.3 Å². The third-order valence-corrected chi connectivity index (χ3v) is 7.07. The zero-order chi connectivity index (χ0) is 15.6. The van der Waals surface area contributed by atoms with Crippen molar-refractivity contribution >= 4 is 38.7 Å². The van der Waals surface area contributed by atoms with Crippen molar-refractivity contribution in [3.63, 3.8) is 0 Å². The zero-order valence-corrected chi connectivity index (χ0v) is 14.0. The molecule has 21 heavy (non-hydrogen) atoms. The lowest BCUT2D eigenvalue weighted by atomic mass is 10.3. The Balaban J connectivity index is 2.22.